The van der Waals surface area contributed by atoms with Crippen LogP contribution in [0.5, 0.6) is 0 Å². The van der Waals surface area contributed by atoms with Gasteiger partial charge in [0.2, 0.25) is 0 Å². The first kappa shape index (κ1) is 21.1. The summed E-state index contributed by atoms with van der Waals surface area (Å²) in [5.41, 5.74) is 6.19. The molecule has 8 heteroatoms. The van der Waals surface area contributed by atoms with Crippen molar-refractivity contribution in [2.24, 2.45) is 5.92 Å². The van der Waals surface area contributed by atoms with Crippen molar-refractivity contribution < 1.29 is 9.50 Å². The standard InChI is InChI=1S/C26H27FN6O/c1-30(2)11-20-14-31(15-25(20)34)22-7-8-23-19(9-22)13-32-12-18(17-3-5-21(27)6-4-17)10-24(32)26-28-16-29-33(23)26/h3-10,12,16,20,25,34H,11,13-15H2,1-2H3/t20-,25+/m1/s1. The van der Waals surface area contributed by atoms with Gasteiger partial charge in [0.1, 0.15) is 12.1 Å². The molecular weight excluding hydrogens is 431 g/mol. The Kier molecular flexibility index (Phi) is 5.00. The van der Waals surface area contributed by atoms with Crippen LogP contribution in [0.4, 0.5) is 10.1 Å². The quantitative estimate of drug-likeness (QED) is 0.448. The van der Waals surface area contributed by atoms with E-state index in [4.69, 9.17) is 0 Å². The Morgan fingerprint density at radius 2 is 1.88 bits per heavy atom. The number of hydrogen-bond acceptors (Lipinski definition) is 5. The predicted molar refractivity (Wildman–Crippen MR) is 130 cm³/mol. The molecule has 6 rings (SSSR count). The lowest BCUT2D eigenvalue weighted by Crippen LogP contribution is -2.29. The van der Waals surface area contributed by atoms with E-state index in [1.807, 2.05) is 18.8 Å². The predicted octanol–water partition coefficient (Wildman–Crippen LogP) is 3.26. The number of anilines is 1. The lowest BCUT2D eigenvalue weighted by molar-refractivity contribution is 0.130. The molecule has 2 aromatic heterocycles. The van der Waals surface area contributed by atoms with Gasteiger partial charge in [0, 0.05) is 49.5 Å². The highest BCUT2D eigenvalue weighted by Crippen LogP contribution is 2.35. The fourth-order valence-corrected chi connectivity index (χ4v) is 5.22. The Bertz CT molecular complexity index is 1340. The van der Waals surface area contributed by atoms with Gasteiger partial charge in [-0.3, -0.25) is 0 Å². The number of β-amino-alcohol motifs (C(OH)–C–C–N with tert-alkyl or cyclic N) is 1. The summed E-state index contributed by atoms with van der Waals surface area (Å²) in [4.78, 5) is 8.95. The zero-order valence-electron chi connectivity index (χ0n) is 19.3. The minimum Gasteiger partial charge on any atom is -0.391 e. The number of fused-ring (bicyclic) bond motifs is 5. The molecule has 2 aliphatic rings. The molecule has 1 saturated heterocycles. The monoisotopic (exact) mass is 458 g/mol. The maximum atomic E-state index is 13.4. The minimum atomic E-state index is -0.336. The highest BCUT2D eigenvalue weighted by atomic mass is 19.1. The van der Waals surface area contributed by atoms with Gasteiger partial charge < -0.3 is 19.5 Å². The summed E-state index contributed by atoms with van der Waals surface area (Å²) < 4.78 is 17.5. The Morgan fingerprint density at radius 1 is 1.06 bits per heavy atom. The van der Waals surface area contributed by atoms with Crippen LogP contribution in [0.1, 0.15) is 5.56 Å². The molecule has 174 valence electrons. The number of hydrogen-bond donors (Lipinski definition) is 1. The van der Waals surface area contributed by atoms with Gasteiger partial charge in [-0.1, -0.05) is 12.1 Å². The summed E-state index contributed by atoms with van der Waals surface area (Å²) in [6, 6.07) is 15.1. The molecular formula is C26H27FN6O. The molecule has 1 fully saturated rings. The molecule has 7 nitrogen and oxygen atoms in total. The molecule has 2 aromatic carbocycles. The van der Waals surface area contributed by atoms with E-state index < -0.39 is 0 Å². The van der Waals surface area contributed by atoms with Gasteiger partial charge in [0.25, 0.3) is 0 Å². The van der Waals surface area contributed by atoms with Crippen LogP contribution in [0.15, 0.2) is 61.1 Å². The van der Waals surface area contributed by atoms with E-state index in [1.54, 1.807) is 18.5 Å². The fourth-order valence-electron chi connectivity index (χ4n) is 5.22. The van der Waals surface area contributed by atoms with E-state index in [-0.39, 0.29) is 17.8 Å². The van der Waals surface area contributed by atoms with E-state index in [2.05, 4.69) is 54.9 Å². The summed E-state index contributed by atoms with van der Waals surface area (Å²) in [6.07, 6.45) is 3.34. The van der Waals surface area contributed by atoms with Crippen LogP contribution in [-0.4, -0.2) is 69.2 Å². The summed E-state index contributed by atoms with van der Waals surface area (Å²) in [6.45, 7) is 3.00. The van der Waals surface area contributed by atoms with Crippen molar-refractivity contribution in [3.63, 3.8) is 0 Å². The zero-order valence-corrected chi connectivity index (χ0v) is 19.3. The zero-order chi connectivity index (χ0) is 23.4. The molecule has 0 amide bonds. The Balaban J connectivity index is 1.37. The van der Waals surface area contributed by atoms with Gasteiger partial charge in [0.15, 0.2) is 5.82 Å². The van der Waals surface area contributed by atoms with Gasteiger partial charge >= 0.3 is 0 Å². The SMILES string of the molecule is CN(C)C[C@@H]1CN(c2ccc3c(c2)Cn2cc(-c4ccc(F)cc4)cc2-c2ncnn2-3)C[C@@H]1O. The van der Waals surface area contributed by atoms with E-state index in [1.165, 1.54) is 12.1 Å². The van der Waals surface area contributed by atoms with Crippen LogP contribution < -0.4 is 4.90 Å². The third kappa shape index (κ3) is 3.59. The van der Waals surface area contributed by atoms with Crippen molar-refractivity contribution in [3.05, 3.63) is 72.4 Å². The van der Waals surface area contributed by atoms with Crippen molar-refractivity contribution in [1.29, 1.82) is 0 Å². The highest BCUT2D eigenvalue weighted by Gasteiger charge is 2.32. The van der Waals surface area contributed by atoms with Crippen LogP contribution >= 0.6 is 0 Å². The summed E-state index contributed by atoms with van der Waals surface area (Å²) in [5, 5.41) is 15.1. The number of aliphatic hydroxyl groups excluding tert-OH is 1. The molecule has 0 bridgehead atoms. The highest BCUT2D eigenvalue weighted by molar-refractivity contribution is 5.71. The van der Waals surface area contributed by atoms with Crippen LogP contribution in [0.3, 0.4) is 0 Å². The van der Waals surface area contributed by atoms with Gasteiger partial charge in [-0.05, 0) is 61.6 Å². The molecule has 0 unspecified atom stereocenters. The number of nitrogens with zero attached hydrogens (tertiary/aromatic N) is 6. The van der Waals surface area contributed by atoms with Crippen molar-refractivity contribution in [1.82, 2.24) is 24.2 Å². The molecule has 0 spiro atoms. The van der Waals surface area contributed by atoms with Crippen molar-refractivity contribution >= 4 is 5.69 Å². The van der Waals surface area contributed by atoms with Crippen molar-refractivity contribution in [2.75, 3.05) is 38.6 Å². The lowest BCUT2D eigenvalue weighted by atomic mass is 10.1. The second kappa shape index (κ2) is 8.07. The first-order valence-corrected chi connectivity index (χ1v) is 11.5. The second-order valence-electron chi connectivity index (χ2n) is 9.55. The third-order valence-corrected chi connectivity index (χ3v) is 6.85. The molecule has 0 aliphatic carbocycles. The lowest BCUT2D eigenvalue weighted by Gasteiger charge is -2.21. The molecule has 2 atom stereocenters. The smallest absolute Gasteiger partial charge is 0.179 e. The van der Waals surface area contributed by atoms with E-state index in [9.17, 15) is 9.50 Å². The molecule has 0 radical (unpaired) electrons. The summed E-state index contributed by atoms with van der Waals surface area (Å²) in [5.74, 6) is 0.762. The molecule has 0 saturated carbocycles. The van der Waals surface area contributed by atoms with E-state index in [0.29, 0.717) is 13.1 Å². The number of aliphatic hydroxyl groups is 1. The second-order valence-corrected chi connectivity index (χ2v) is 9.55. The van der Waals surface area contributed by atoms with Gasteiger partial charge in [-0.15, -0.1) is 0 Å². The van der Waals surface area contributed by atoms with Gasteiger partial charge in [-0.2, -0.15) is 5.10 Å². The summed E-state index contributed by atoms with van der Waals surface area (Å²) >= 11 is 0. The third-order valence-electron chi connectivity index (χ3n) is 6.85. The van der Waals surface area contributed by atoms with Gasteiger partial charge in [0.05, 0.1) is 17.5 Å². The summed E-state index contributed by atoms with van der Waals surface area (Å²) in [7, 11) is 4.09. The number of benzene rings is 2. The Hall–Kier alpha value is -3.49. The van der Waals surface area contributed by atoms with Crippen LogP contribution in [0.25, 0.3) is 28.3 Å². The van der Waals surface area contributed by atoms with Gasteiger partial charge in [-0.25, -0.2) is 14.1 Å². The molecule has 4 heterocycles. The number of aromatic nitrogens is 4. The topological polar surface area (TPSA) is 62.3 Å². The normalized spacial score (nSPS) is 19.1. The molecule has 1 N–H and O–H groups in total. The average molecular weight is 459 g/mol. The van der Waals surface area contributed by atoms with Crippen LogP contribution in [-0.2, 0) is 6.54 Å². The van der Waals surface area contributed by atoms with E-state index >= 15 is 0 Å². The Labute approximate surface area is 197 Å². The molecule has 4 aromatic rings. The van der Waals surface area contributed by atoms with E-state index in [0.717, 1.165) is 52.7 Å². The van der Waals surface area contributed by atoms with Crippen LogP contribution in [0.2, 0.25) is 0 Å². The average Bonchev–Trinajstić information content (AvgIpc) is 3.52. The first-order valence-electron chi connectivity index (χ1n) is 11.5. The maximum absolute atomic E-state index is 13.4. The largest absolute Gasteiger partial charge is 0.391 e. The van der Waals surface area contributed by atoms with Crippen LogP contribution in [0, 0.1) is 11.7 Å². The Morgan fingerprint density at radius 3 is 2.68 bits per heavy atom. The molecule has 34 heavy (non-hydrogen) atoms. The van der Waals surface area contributed by atoms with Crippen molar-refractivity contribution in [3.8, 4) is 28.3 Å². The van der Waals surface area contributed by atoms with Crippen molar-refractivity contribution in [2.45, 2.75) is 12.6 Å². The minimum absolute atomic E-state index is 0.227. The fraction of sp³-hybridized carbons (Fsp3) is 0.308. The molecule has 2 aliphatic heterocycles. The first-order chi connectivity index (χ1) is 16.5. The number of halogens is 1. The maximum Gasteiger partial charge on any atom is 0.179 e. The number of rotatable bonds is 4.